The molecule has 0 bridgehead atoms. The third-order valence-corrected chi connectivity index (χ3v) is 7.69. The van der Waals surface area contributed by atoms with Crippen molar-refractivity contribution in [1.82, 2.24) is 19.9 Å². The maximum Gasteiger partial charge on any atom is 0.220 e. The Kier molecular flexibility index (Phi) is 7.55. The molecule has 0 aliphatic carbocycles. The fraction of sp³-hybridized carbons (Fsp3) is 0.0588. The molecule has 0 aliphatic heterocycles. The van der Waals surface area contributed by atoms with E-state index in [-0.39, 0.29) is 32.9 Å². The van der Waals surface area contributed by atoms with Gasteiger partial charge in [0.25, 0.3) is 0 Å². The second kappa shape index (κ2) is 11.8. The molecule has 4 aromatic heterocycles. The van der Waals surface area contributed by atoms with Gasteiger partial charge in [-0.2, -0.15) is 14.9 Å². The molecule has 0 spiro atoms. The third kappa shape index (κ3) is 4.82. The lowest BCUT2D eigenvalue weighted by atomic mass is 9.83. The van der Waals surface area contributed by atoms with E-state index in [2.05, 4.69) is 32.1 Å². The summed E-state index contributed by atoms with van der Waals surface area (Å²) in [5.74, 6) is 0.320. The Morgan fingerprint density at radius 1 is 0.773 bits per heavy atom. The van der Waals surface area contributed by atoms with E-state index < -0.39 is 5.95 Å². The minimum absolute atomic E-state index is 0.00128. The second-order valence-corrected chi connectivity index (χ2v) is 10.1. The molecule has 0 unspecified atom stereocenters. The minimum atomic E-state index is -0.830. The van der Waals surface area contributed by atoms with Gasteiger partial charge in [-0.15, -0.1) is 0 Å². The van der Waals surface area contributed by atoms with Gasteiger partial charge in [0.2, 0.25) is 5.95 Å². The van der Waals surface area contributed by atoms with Crippen molar-refractivity contribution in [1.29, 1.82) is 10.5 Å². The number of rotatable bonds is 7. The summed E-state index contributed by atoms with van der Waals surface area (Å²) in [6, 6.07) is 20.1. The zero-order valence-corrected chi connectivity index (χ0v) is 24.2. The summed E-state index contributed by atoms with van der Waals surface area (Å²) in [5.41, 5.74) is 3.29. The molecule has 6 rings (SSSR count). The quantitative estimate of drug-likeness (QED) is 0.109. The van der Waals surface area contributed by atoms with Crippen LogP contribution in [-0.2, 0) is 0 Å². The number of benzene rings is 2. The molecular formula is C34H22ClFN6O2. The van der Waals surface area contributed by atoms with E-state index in [1.54, 1.807) is 63.0 Å². The number of aromatic nitrogens is 4. The Labute approximate surface area is 256 Å². The number of halogens is 2. The first-order chi connectivity index (χ1) is 21.5. The molecule has 44 heavy (non-hydrogen) atoms. The van der Waals surface area contributed by atoms with Gasteiger partial charge in [0.05, 0.1) is 30.4 Å². The first kappa shape index (κ1) is 28.2. The van der Waals surface area contributed by atoms with Crippen molar-refractivity contribution in [3.05, 3.63) is 119 Å². The highest BCUT2D eigenvalue weighted by Gasteiger charge is 2.28. The lowest BCUT2D eigenvalue weighted by Crippen LogP contribution is -2.03. The lowest BCUT2D eigenvalue weighted by molar-refractivity contribution is 0.415. The van der Waals surface area contributed by atoms with E-state index >= 15 is 4.39 Å². The van der Waals surface area contributed by atoms with Gasteiger partial charge in [0, 0.05) is 86.2 Å². The summed E-state index contributed by atoms with van der Waals surface area (Å²) in [7, 11) is 3.10. The van der Waals surface area contributed by atoms with Gasteiger partial charge in [0.1, 0.15) is 23.6 Å². The maximum atomic E-state index is 15.8. The Balaban J connectivity index is 1.83. The molecule has 6 aromatic rings. The molecule has 8 nitrogen and oxygen atoms in total. The summed E-state index contributed by atoms with van der Waals surface area (Å²) in [6.07, 6.45) is 7.68. The predicted molar refractivity (Wildman–Crippen MR) is 168 cm³/mol. The van der Waals surface area contributed by atoms with Crippen LogP contribution in [0.5, 0.6) is 11.5 Å². The predicted octanol–water partition coefficient (Wildman–Crippen LogP) is 7.82. The van der Waals surface area contributed by atoms with Crippen LogP contribution in [0.3, 0.4) is 0 Å². The molecule has 0 aliphatic rings. The summed E-state index contributed by atoms with van der Waals surface area (Å²) >= 11 is 6.78. The van der Waals surface area contributed by atoms with Crippen LogP contribution >= 0.6 is 11.6 Å². The largest absolute Gasteiger partial charge is 0.497 e. The molecule has 0 atom stereocenters. The highest BCUT2D eigenvalue weighted by Crippen LogP contribution is 2.46. The maximum absolute atomic E-state index is 15.8. The van der Waals surface area contributed by atoms with E-state index in [0.29, 0.717) is 39.0 Å². The van der Waals surface area contributed by atoms with Crippen LogP contribution in [0.4, 0.5) is 4.39 Å². The summed E-state index contributed by atoms with van der Waals surface area (Å²) in [4.78, 5) is 14.6. The Bertz CT molecular complexity index is 2060. The van der Waals surface area contributed by atoms with E-state index in [4.69, 9.17) is 21.1 Å². The zero-order valence-electron chi connectivity index (χ0n) is 23.4. The summed E-state index contributed by atoms with van der Waals surface area (Å²) < 4.78 is 26.7. The zero-order chi connectivity index (χ0) is 30.8. The molecule has 2 aromatic carbocycles. The third-order valence-electron chi connectivity index (χ3n) is 7.36. The van der Waals surface area contributed by atoms with Crippen molar-refractivity contribution in [2.75, 3.05) is 14.2 Å². The van der Waals surface area contributed by atoms with Crippen molar-refractivity contribution in [2.24, 2.45) is 0 Å². The van der Waals surface area contributed by atoms with Crippen LogP contribution in [0.15, 0.2) is 85.6 Å². The molecule has 2 N–H and O–H groups in total. The van der Waals surface area contributed by atoms with Gasteiger partial charge < -0.3 is 19.4 Å². The molecule has 0 radical (unpaired) electrons. The average molecular weight is 601 g/mol. The molecule has 10 heteroatoms. The first-order valence-electron chi connectivity index (χ1n) is 13.3. The normalized spacial score (nSPS) is 12.3. The van der Waals surface area contributed by atoms with E-state index in [1.807, 2.05) is 12.1 Å². The van der Waals surface area contributed by atoms with Crippen LogP contribution in [-0.4, -0.2) is 34.2 Å². The van der Waals surface area contributed by atoms with Crippen LogP contribution in [0.1, 0.15) is 22.3 Å². The summed E-state index contributed by atoms with van der Waals surface area (Å²) in [6.45, 7) is 0. The number of fused-ring (bicyclic) bond motifs is 2. The van der Waals surface area contributed by atoms with Gasteiger partial charge in [-0.05, 0) is 54.6 Å². The van der Waals surface area contributed by atoms with Crippen molar-refractivity contribution >= 4 is 55.7 Å². The minimum Gasteiger partial charge on any atom is -0.497 e. The monoisotopic (exact) mass is 600 g/mol. The van der Waals surface area contributed by atoms with Crippen LogP contribution in [0.25, 0.3) is 44.1 Å². The van der Waals surface area contributed by atoms with Crippen LogP contribution < -0.4 is 9.47 Å². The Hall–Kier alpha value is -5.90. The fourth-order valence-corrected chi connectivity index (χ4v) is 5.49. The smallest absolute Gasteiger partial charge is 0.220 e. The molecule has 4 heterocycles. The van der Waals surface area contributed by atoms with Gasteiger partial charge in [-0.1, -0.05) is 11.6 Å². The van der Waals surface area contributed by atoms with Crippen molar-refractivity contribution in [2.45, 2.75) is 0 Å². The molecule has 0 fully saturated rings. The number of ether oxygens (including phenoxy) is 2. The number of nitrogens with zero attached hydrogens (tertiary/aromatic N) is 4. The number of allylic oxidation sites excluding steroid dienone is 4. The number of nitriles is 2. The Morgan fingerprint density at radius 3 is 1.84 bits per heavy atom. The molecule has 0 saturated carbocycles. The number of aromatic amines is 2. The van der Waals surface area contributed by atoms with Gasteiger partial charge in [-0.25, -0.2) is 4.98 Å². The van der Waals surface area contributed by atoms with Crippen LogP contribution in [0, 0.1) is 28.6 Å². The lowest BCUT2D eigenvalue weighted by Gasteiger charge is -2.19. The van der Waals surface area contributed by atoms with Gasteiger partial charge in [-0.3, -0.25) is 4.98 Å². The number of hydrogen-bond acceptors (Lipinski definition) is 6. The van der Waals surface area contributed by atoms with Gasteiger partial charge >= 0.3 is 0 Å². The number of pyridine rings is 2. The topological polar surface area (TPSA) is 123 Å². The Morgan fingerprint density at radius 2 is 1.34 bits per heavy atom. The highest BCUT2D eigenvalue weighted by molar-refractivity contribution is 6.36. The number of H-pyrrole nitrogens is 2. The standard InChI is InChI=1S/C34H22ClFN6O2/c1-43-19-5-7-30-22(12-19)26(17-41-30)24(14-37)32(21-4-3-10-40-34(21)36)33(28-16-39-11-9-29(28)35)25(15-38)27-18-42-31-8-6-20(44-2)13-23(27)31/h3-13,16-18,41-42H,1-2H3/b32-24-,33-25-. The highest BCUT2D eigenvalue weighted by atomic mass is 35.5. The molecular weight excluding hydrogens is 579 g/mol. The van der Waals surface area contributed by atoms with Crippen LogP contribution in [0.2, 0.25) is 5.02 Å². The summed E-state index contributed by atoms with van der Waals surface area (Å²) in [5, 5.41) is 23.3. The van der Waals surface area contributed by atoms with Gasteiger partial charge in [0.15, 0.2) is 0 Å². The van der Waals surface area contributed by atoms with Crippen molar-refractivity contribution < 1.29 is 13.9 Å². The number of hydrogen-bond donors (Lipinski definition) is 2. The van der Waals surface area contributed by atoms with E-state index in [1.165, 1.54) is 24.7 Å². The molecule has 0 amide bonds. The molecule has 214 valence electrons. The number of methoxy groups -OCH3 is 2. The second-order valence-electron chi connectivity index (χ2n) is 9.65. The van der Waals surface area contributed by atoms with E-state index in [0.717, 1.165) is 11.0 Å². The number of nitrogens with one attached hydrogen (secondary N) is 2. The van der Waals surface area contributed by atoms with E-state index in [9.17, 15) is 10.5 Å². The van der Waals surface area contributed by atoms with Crippen molar-refractivity contribution in [3.8, 4) is 23.6 Å². The average Bonchev–Trinajstić information content (AvgIpc) is 3.67. The fourth-order valence-electron chi connectivity index (χ4n) is 5.29. The molecule has 0 saturated heterocycles. The first-order valence-corrected chi connectivity index (χ1v) is 13.7. The SMILES string of the molecule is COc1ccc2[nH]cc(/C(C#N)=C(\C(=C(\C#N)c3c[nH]c4ccc(OC)cc34)c3cccnc3F)c3cnccc3Cl)c2c1. The van der Waals surface area contributed by atoms with Crippen molar-refractivity contribution in [3.63, 3.8) is 0 Å².